The zero-order chi connectivity index (χ0) is 13.8. The van der Waals surface area contributed by atoms with Crippen LogP contribution in [-0.2, 0) is 9.59 Å². The van der Waals surface area contributed by atoms with E-state index < -0.39 is 5.97 Å². The molecule has 0 spiro atoms. The van der Waals surface area contributed by atoms with Crippen LogP contribution < -0.4 is 10.2 Å². The predicted octanol–water partition coefficient (Wildman–Crippen LogP) is 1.62. The van der Waals surface area contributed by atoms with E-state index in [0.29, 0.717) is 13.0 Å². The Morgan fingerprint density at radius 3 is 3.00 bits per heavy atom. The van der Waals surface area contributed by atoms with Gasteiger partial charge in [-0.1, -0.05) is 22.0 Å². The quantitative estimate of drug-likeness (QED) is 0.882. The van der Waals surface area contributed by atoms with E-state index in [1.165, 1.54) is 0 Å². The molecule has 0 aromatic heterocycles. The van der Waals surface area contributed by atoms with Crippen LogP contribution >= 0.6 is 15.9 Å². The van der Waals surface area contributed by atoms with Crippen LogP contribution in [0, 0.1) is 0 Å². The number of carboxylic acid groups (broad SMARTS) is 1. The maximum Gasteiger partial charge on any atom is 0.303 e. The van der Waals surface area contributed by atoms with E-state index >= 15 is 0 Å². The summed E-state index contributed by atoms with van der Waals surface area (Å²) < 4.78 is 0.938. The number of hydrogen-bond donors (Lipinski definition) is 2. The van der Waals surface area contributed by atoms with Gasteiger partial charge in [0.25, 0.3) is 0 Å². The normalized spacial score (nSPS) is 19.1. The van der Waals surface area contributed by atoms with E-state index in [4.69, 9.17) is 5.11 Å². The topological polar surface area (TPSA) is 69.6 Å². The van der Waals surface area contributed by atoms with E-state index in [9.17, 15) is 9.59 Å². The molecule has 1 atom stereocenters. The van der Waals surface area contributed by atoms with Gasteiger partial charge in [0.05, 0.1) is 6.54 Å². The minimum Gasteiger partial charge on any atom is -0.481 e. The SMILES string of the molecule is O=C(O)CCC1CNC(=O)CN1c1cccc(Br)c1. The highest BCUT2D eigenvalue weighted by Crippen LogP contribution is 2.24. The molecule has 1 aliphatic rings. The van der Waals surface area contributed by atoms with Crippen LogP contribution in [0.4, 0.5) is 5.69 Å². The number of piperazine rings is 1. The molecule has 0 saturated carbocycles. The summed E-state index contributed by atoms with van der Waals surface area (Å²) >= 11 is 3.40. The van der Waals surface area contributed by atoms with Crippen LogP contribution in [0.25, 0.3) is 0 Å². The minimum atomic E-state index is -0.814. The van der Waals surface area contributed by atoms with Gasteiger partial charge in [-0.2, -0.15) is 0 Å². The Kier molecular flexibility index (Phi) is 4.42. The van der Waals surface area contributed by atoms with Crippen molar-refractivity contribution in [3.05, 3.63) is 28.7 Å². The molecule has 1 amide bonds. The van der Waals surface area contributed by atoms with Crippen molar-refractivity contribution in [1.82, 2.24) is 5.32 Å². The molecule has 1 fully saturated rings. The van der Waals surface area contributed by atoms with E-state index in [0.717, 1.165) is 10.2 Å². The number of carbonyl (C=O) groups is 2. The molecular formula is C13H15BrN2O3. The molecule has 102 valence electrons. The highest BCUT2D eigenvalue weighted by Gasteiger charge is 2.27. The first-order valence-electron chi connectivity index (χ1n) is 6.07. The second-order valence-corrected chi connectivity index (χ2v) is 5.41. The first kappa shape index (κ1) is 13.9. The van der Waals surface area contributed by atoms with Crippen LogP contribution in [0.1, 0.15) is 12.8 Å². The number of nitrogens with one attached hydrogen (secondary N) is 1. The van der Waals surface area contributed by atoms with Crippen LogP contribution in [0.5, 0.6) is 0 Å². The first-order chi connectivity index (χ1) is 9.06. The van der Waals surface area contributed by atoms with E-state index in [2.05, 4.69) is 21.2 Å². The van der Waals surface area contributed by atoms with Gasteiger partial charge in [-0.25, -0.2) is 0 Å². The first-order valence-corrected chi connectivity index (χ1v) is 6.86. The highest BCUT2D eigenvalue weighted by molar-refractivity contribution is 9.10. The molecular weight excluding hydrogens is 312 g/mol. The number of amides is 1. The lowest BCUT2D eigenvalue weighted by atomic mass is 10.1. The number of carbonyl (C=O) groups excluding carboxylic acids is 1. The maximum atomic E-state index is 11.5. The lowest BCUT2D eigenvalue weighted by molar-refractivity contribution is -0.137. The van der Waals surface area contributed by atoms with Gasteiger partial charge in [0, 0.05) is 29.2 Å². The number of carboxylic acids is 1. The Labute approximate surface area is 119 Å². The van der Waals surface area contributed by atoms with Gasteiger partial charge in [-0.15, -0.1) is 0 Å². The summed E-state index contributed by atoms with van der Waals surface area (Å²) in [5.41, 5.74) is 0.930. The largest absolute Gasteiger partial charge is 0.481 e. The van der Waals surface area contributed by atoms with Gasteiger partial charge in [0.15, 0.2) is 0 Å². The average Bonchev–Trinajstić information content (AvgIpc) is 2.37. The molecule has 1 aromatic carbocycles. The van der Waals surface area contributed by atoms with E-state index in [1.807, 2.05) is 29.2 Å². The van der Waals surface area contributed by atoms with Crippen LogP contribution in [0.2, 0.25) is 0 Å². The van der Waals surface area contributed by atoms with E-state index in [1.54, 1.807) is 0 Å². The number of anilines is 1. The molecule has 6 heteroatoms. The standard InChI is InChI=1S/C13H15BrN2O3/c14-9-2-1-3-10(6-9)16-8-12(17)15-7-11(16)4-5-13(18)19/h1-3,6,11H,4-5,7-8H2,(H,15,17)(H,18,19). The second-order valence-electron chi connectivity index (χ2n) is 4.50. The van der Waals surface area contributed by atoms with Gasteiger partial charge < -0.3 is 15.3 Å². The highest BCUT2D eigenvalue weighted by atomic mass is 79.9. The molecule has 2 N–H and O–H groups in total. The summed E-state index contributed by atoms with van der Waals surface area (Å²) in [5, 5.41) is 11.6. The summed E-state index contributed by atoms with van der Waals surface area (Å²) in [6.07, 6.45) is 0.618. The zero-order valence-corrected chi connectivity index (χ0v) is 11.9. The number of benzene rings is 1. The van der Waals surface area contributed by atoms with E-state index in [-0.39, 0.29) is 24.9 Å². The summed E-state index contributed by atoms with van der Waals surface area (Å²) in [6, 6.07) is 7.70. The molecule has 0 radical (unpaired) electrons. The average molecular weight is 327 g/mol. The molecule has 2 rings (SSSR count). The Morgan fingerprint density at radius 2 is 2.32 bits per heavy atom. The molecule has 1 heterocycles. The summed E-state index contributed by atoms with van der Waals surface area (Å²) in [4.78, 5) is 24.2. The smallest absolute Gasteiger partial charge is 0.303 e. The maximum absolute atomic E-state index is 11.5. The second kappa shape index (κ2) is 6.06. The van der Waals surface area contributed by atoms with Gasteiger partial charge in [0.1, 0.15) is 0 Å². The van der Waals surface area contributed by atoms with Crippen molar-refractivity contribution in [2.45, 2.75) is 18.9 Å². The third-order valence-electron chi connectivity index (χ3n) is 3.12. The van der Waals surface area contributed by atoms with Crippen molar-refractivity contribution in [1.29, 1.82) is 0 Å². The summed E-state index contributed by atoms with van der Waals surface area (Å²) in [7, 11) is 0. The van der Waals surface area contributed by atoms with Crippen molar-refractivity contribution in [3.63, 3.8) is 0 Å². The fourth-order valence-corrected chi connectivity index (χ4v) is 2.57. The number of nitrogens with zero attached hydrogens (tertiary/aromatic N) is 1. The number of rotatable bonds is 4. The monoisotopic (exact) mass is 326 g/mol. The molecule has 1 aromatic rings. The molecule has 0 bridgehead atoms. The summed E-state index contributed by atoms with van der Waals surface area (Å²) in [5.74, 6) is -0.849. The molecule has 1 aliphatic heterocycles. The summed E-state index contributed by atoms with van der Waals surface area (Å²) in [6.45, 7) is 0.749. The number of aliphatic carboxylic acids is 1. The van der Waals surface area contributed by atoms with Crippen LogP contribution in [0.3, 0.4) is 0 Å². The van der Waals surface area contributed by atoms with Gasteiger partial charge in [-0.05, 0) is 24.6 Å². The third-order valence-corrected chi connectivity index (χ3v) is 3.61. The van der Waals surface area contributed by atoms with Crippen molar-refractivity contribution in [3.8, 4) is 0 Å². The molecule has 1 unspecified atom stereocenters. The van der Waals surface area contributed by atoms with Crippen LogP contribution in [-0.4, -0.2) is 36.1 Å². The van der Waals surface area contributed by atoms with Crippen molar-refractivity contribution >= 4 is 33.5 Å². The molecule has 1 saturated heterocycles. The van der Waals surface area contributed by atoms with Gasteiger partial charge in [0.2, 0.25) is 5.91 Å². The molecule has 0 aliphatic carbocycles. The zero-order valence-electron chi connectivity index (χ0n) is 10.3. The number of hydrogen-bond acceptors (Lipinski definition) is 3. The Balaban J connectivity index is 2.16. The fraction of sp³-hybridized carbons (Fsp3) is 0.385. The Morgan fingerprint density at radius 1 is 1.53 bits per heavy atom. The third kappa shape index (κ3) is 3.70. The Hall–Kier alpha value is -1.56. The lowest BCUT2D eigenvalue weighted by Crippen LogP contribution is -2.54. The molecule has 19 heavy (non-hydrogen) atoms. The van der Waals surface area contributed by atoms with Crippen molar-refractivity contribution < 1.29 is 14.7 Å². The minimum absolute atomic E-state index is 0.0168. The van der Waals surface area contributed by atoms with Crippen molar-refractivity contribution in [2.24, 2.45) is 0 Å². The van der Waals surface area contributed by atoms with Gasteiger partial charge >= 0.3 is 5.97 Å². The predicted molar refractivity (Wildman–Crippen MR) is 75.2 cm³/mol. The fourth-order valence-electron chi connectivity index (χ4n) is 2.19. The lowest BCUT2D eigenvalue weighted by Gasteiger charge is -2.37. The number of halogens is 1. The van der Waals surface area contributed by atoms with Crippen LogP contribution in [0.15, 0.2) is 28.7 Å². The molecule has 5 nitrogen and oxygen atoms in total. The Bertz CT molecular complexity index is 493. The van der Waals surface area contributed by atoms with Gasteiger partial charge in [-0.3, -0.25) is 9.59 Å². The van der Waals surface area contributed by atoms with Crippen molar-refractivity contribution in [2.75, 3.05) is 18.0 Å².